The fourth-order valence-electron chi connectivity index (χ4n) is 2.31. The molecule has 0 heterocycles. The van der Waals surface area contributed by atoms with Crippen molar-refractivity contribution in [3.05, 3.63) is 87.7 Å². The first-order valence-electron chi connectivity index (χ1n) is 7.86. The number of anilines is 1. The van der Waals surface area contributed by atoms with E-state index in [-0.39, 0.29) is 21.5 Å². The van der Waals surface area contributed by atoms with Crippen LogP contribution in [-0.2, 0) is 5.88 Å². The van der Waals surface area contributed by atoms with E-state index in [0.717, 1.165) is 5.56 Å². The number of alkyl halides is 1. The summed E-state index contributed by atoms with van der Waals surface area (Å²) in [6.45, 7) is 0. The van der Waals surface area contributed by atoms with Gasteiger partial charge in [-0.25, -0.2) is 4.39 Å². The van der Waals surface area contributed by atoms with Gasteiger partial charge in [-0.3, -0.25) is 4.79 Å². The highest BCUT2D eigenvalue weighted by molar-refractivity contribution is 6.37. The van der Waals surface area contributed by atoms with E-state index in [1.165, 1.54) is 6.07 Å². The monoisotopic (exact) mass is 423 g/mol. The second kappa shape index (κ2) is 8.61. The predicted octanol–water partition coefficient (Wildman–Crippen LogP) is 6.92. The smallest absolute Gasteiger partial charge is 0.255 e. The molecule has 0 saturated carbocycles. The van der Waals surface area contributed by atoms with Crippen molar-refractivity contribution < 1.29 is 13.9 Å². The number of rotatable bonds is 5. The summed E-state index contributed by atoms with van der Waals surface area (Å²) in [6.07, 6.45) is 0. The van der Waals surface area contributed by atoms with Gasteiger partial charge in [0.25, 0.3) is 5.91 Å². The quantitative estimate of drug-likeness (QED) is 0.357. The molecule has 0 aliphatic heterocycles. The van der Waals surface area contributed by atoms with E-state index in [9.17, 15) is 9.18 Å². The zero-order valence-corrected chi connectivity index (χ0v) is 16.1. The normalized spacial score (nSPS) is 10.5. The van der Waals surface area contributed by atoms with Gasteiger partial charge >= 0.3 is 0 Å². The zero-order chi connectivity index (χ0) is 19.4. The van der Waals surface area contributed by atoms with Crippen molar-refractivity contribution >= 4 is 46.4 Å². The number of nitrogens with one attached hydrogen (secondary N) is 1. The summed E-state index contributed by atoms with van der Waals surface area (Å²) in [5.74, 6) is -0.788. The molecule has 3 aromatic carbocycles. The van der Waals surface area contributed by atoms with Gasteiger partial charge < -0.3 is 10.1 Å². The molecule has 0 aliphatic carbocycles. The van der Waals surface area contributed by atoms with E-state index in [1.54, 1.807) is 54.6 Å². The van der Waals surface area contributed by atoms with E-state index in [4.69, 9.17) is 39.5 Å². The molecule has 3 aromatic rings. The lowest BCUT2D eigenvalue weighted by molar-refractivity contribution is 0.102. The van der Waals surface area contributed by atoms with Crippen LogP contribution in [0.1, 0.15) is 15.9 Å². The summed E-state index contributed by atoms with van der Waals surface area (Å²) in [5, 5.41) is 2.23. The van der Waals surface area contributed by atoms with Crippen LogP contribution in [0.3, 0.4) is 0 Å². The van der Waals surface area contributed by atoms with Crippen LogP contribution in [0.5, 0.6) is 11.5 Å². The summed E-state index contributed by atoms with van der Waals surface area (Å²) in [7, 11) is 0. The molecule has 0 spiro atoms. The van der Waals surface area contributed by atoms with Crippen LogP contribution < -0.4 is 10.1 Å². The van der Waals surface area contributed by atoms with Crippen molar-refractivity contribution in [3.8, 4) is 11.5 Å². The highest BCUT2D eigenvalue weighted by atomic mass is 35.5. The number of hydrogen-bond acceptors (Lipinski definition) is 2. The Morgan fingerprint density at radius 2 is 1.70 bits per heavy atom. The first kappa shape index (κ1) is 19.5. The molecule has 1 amide bonds. The van der Waals surface area contributed by atoms with Gasteiger partial charge in [0.15, 0.2) is 11.6 Å². The summed E-state index contributed by atoms with van der Waals surface area (Å²) in [5.41, 5.74) is 1.36. The third-order valence-electron chi connectivity index (χ3n) is 3.70. The van der Waals surface area contributed by atoms with Crippen molar-refractivity contribution in [2.75, 3.05) is 5.32 Å². The molecule has 0 bridgehead atoms. The standard InChI is InChI=1S/C20H13Cl3FNO2/c21-11-12-6-8-14(9-7-12)27-19-15(22)10-16(17(23)18(19)24)25-20(26)13-4-2-1-3-5-13/h1-10H,11H2,(H,25,26). The number of amides is 1. The number of benzene rings is 3. The Morgan fingerprint density at radius 1 is 1.04 bits per heavy atom. The lowest BCUT2D eigenvalue weighted by Gasteiger charge is -2.14. The molecule has 27 heavy (non-hydrogen) atoms. The fraction of sp³-hybridized carbons (Fsp3) is 0.0500. The molecule has 7 heteroatoms. The zero-order valence-electron chi connectivity index (χ0n) is 13.8. The lowest BCUT2D eigenvalue weighted by atomic mass is 10.2. The van der Waals surface area contributed by atoms with Gasteiger partial charge in [0.2, 0.25) is 0 Å². The third kappa shape index (κ3) is 4.53. The lowest BCUT2D eigenvalue weighted by Crippen LogP contribution is -2.12. The maximum Gasteiger partial charge on any atom is 0.255 e. The van der Waals surface area contributed by atoms with Crippen molar-refractivity contribution in [1.29, 1.82) is 0 Å². The van der Waals surface area contributed by atoms with Gasteiger partial charge in [-0.2, -0.15) is 0 Å². The van der Waals surface area contributed by atoms with Gasteiger partial charge in [-0.15, -0.1) is 11.6 Å². The first-order valence-corrected chi connectivity index (χ1v) is 9.15. The van der Waals surface area contributed by atoms with Gasteiger partial charge in [-0.1, -0.05) is 53.5 Å². The molecule has 0 unspecified atom stereocenters. The Bertz CT molecular complexity index is 963. The van der Waals surface area contributed by atoms with Crippen LogP contribution in [0.15, 0.2) is 60.7 Å². The maximum atomic E-state index is 14.7. The van der Waals surface area contributed by atoms with Crippen molar-refractivity contribution in [2.45, 2.75) is 5.88 Å². The summed E-state index contributed by atoms with van der Waals surface area (Å²) >= 11 is 18.0. The molecule has 138 valence electrons. The number of ether oxygens (including phenoxy) is 1. The predicted molar refractivity (Wildman–Crippen MR) is 107 cm³/mol. The summed E-state index contributed by atoms with van der Waals surface area (Å²) in [6, 6.07) is 16.6. The van der Waals surface area contributed by atoms with Crippen LogP contribution in [0.4, 0.5) is 10.1 Å². The largest absolute Gasteiger partial charge is 0.453 e. The van der Waals surface area contributed by atoms with Gasteiger partial charge in [0.1, 0.15) is 10.8 Å². The van der Waals surface area contributed by atoms with Crippen LogP contribution >= 0.6 is 34.8 Å². The van der Waals surface area contributed by atoms with E-state index < -0.39 is 11.7 Å². The summed E-state index contributed by atoms with van der Waals surface area (Å²) in [4.78, 5) is 12.2. The fourth-order valence-corrected chi connectivity index (χ4v) is 2.91. The first-order chi connectivity index (χ1) is 13.0. The Kier molecular flexibility index (Phi) is 6.22. The molecule has 0 saturated heterocycles. The van der Waals surface area contributed by atoms with Crippen molar-refractivity contribution in [2.24, 2.45) is 0 Å². The molecule has 0 aliphatic rings. The number of hydrogen-bond donors (Lipinski definition) is 1. The molecule has 0 fully saturated rings. The Hall–Kier alpha value is -2.27. The minimum atomic E-state index is -0.867. The Morgan fingerprint density at radius 3 is 2.33 bits per heavy atom. The second-order valence-corrected chi connectivity index (χ2v) is 6.62. The van der Waals surface area contributed by atoms with Crippen molar-refractivity contribution in [3.63, 3.8) is 0 Å². The van der Waals surface area contributed by atoms with Crippen molar-refractivity contribution in [1.82, 2.24) is 0 Å². The van der Waals surface area contributed by atoms with Crippen LogP contribution in [0, 0.1) is 5.82 Å². The molecule has 3 rings (SSSR count). The second-order valence-electron chi connectivity index (χ2n) is 5.56. The minimum Gasteiger partial charge on any atom is -0.453 e. The van der Waals surface area contributed by atoms with E-state index in [1.807, 2.05) is 0 Å². The highest BCUT2D eigenvalue weighted by Crippen LogP contribution is 2.40. The van der Waals surface area contributed by atoms with Crippen LogP contribution in [0.25, 0.3) is 0 Å². The molecule has 0 radical (unpaired) electrons. The van der Waals surface area contributed by atoms with Crippen LogP contribution in [-0.4, -0.2) is 5.91 Å². The number of carbonyl (C=O) groups is 1. The molecule has 0 atom stereocenters. The Balaban J connectivity index is 1.86. The topological polar surface area (TPSA) is 38.3 Å². The van der Waals surface area contributed by atoms with Crippen LogP contribution in [0.2, 0.25) is 10.0 Å². The van der Waals surface area contributed by atoms with E-state index in [0.29, 0.717) is 17.2 Å². The average molecular weight is 425 g/mol. The molecule has 3 nitrogen and oxygen atoms in total. The molecular formula is C20H13Cl3FNO2. The SMILES string of the molecule is O=C(Nc1cc(Cl)c(Oc2ccc(CCl)cc2)c(F)c1Cl)c1ccccc1. The third-order valence-corrected chi connectivity index (χ3v) is 4.66. The van der Waals surface area contributed by atoms with Gasteiger partial charge in [0, 0.05) is 11.4 Å². The van der Waals surface area contributed by atoms with E-state index >= 15 is 0 Å². The number of carbonyl (C=O) groups excluding carboxylic acids is 1. The summed E-state index contributed by atoms with van der Waals surface area (Å²) < 4.78 is 20.2. The molecule has 0 aromatic heterocycles. The maximum absolute atomic E-state index is 14.7. The van der Waals surface area contributed by atoms with E-state index in [2.05, 4.69) is 5.32 Å². The molecular weight excluding hydrogens is 412 g/mol. The Labute approximate surface area is 170 Å². The minimum absolute atomic E-state index is 0.0262. The highest BCUT2D eigenvalue weighted by Gasteiger charge is 2.20. The molecule has 1 N–H and O–H groups in total. The average Bonchev–Trinajstić information content (AvgIpc) is 2.70. The van der Waals surface area contributed by atoms with Gasteiger partial charge in [-0.05, 0) is 35.9 Å². The number of halogens is 4. The van der Waals surface area contributed by atoms with Gasteiger partial charge in [0.05, 0.1) is 10.7 Å².